The molecule has 1 N–H and O–H groups in total. The van der Waals surface area contributed by atoms with E-state index in [0.717, 1.165) is 32.5 Å². The monoisotopic (exact) mass is 184 g/mol. The predicted octanol–water partition coefficient (Wildman–Crippen LogP) is 0.579. The van der Waals surface area contributed by atoms with E-state index in [4.69, 9.17) is 4.74 Å². The molecule has 2 aliphatic heterocycles. The summed E-state index contributed by atoms with van der Waals surface area (Å²) in [6.07, 6.45) is 2.00. The van der Waals surface area contributed by atoms with Crippen LogP contribution < -0.4 is 5.32 Å². The van der Waals surface area contributed by atoms with E-state index in [9.17, 15) is 4.79 Å². The minimum absolute atomic E-state index is 0.0906. The molecular formula is C9H16N2O2. The first kappa shape index (κ1) is 8.81. The average Bonchev–Trinajstić information content (AvgIpc) is 2.44. The van der Waals surface area contributed by atoms with Gasteiger partial charge in [-0.3, -0.25) is 0 Å². The number of carbonyl (C=O) groups excluding carboxylic acids is 1. The van der Waals surface area contributed by atoms with Gasteiger partial charge in [0.05, 0.1) is 6.04 Å². The van der Waals surface area contributed by atoms with Gasteiger partial charge in [0.2, 0.25) is 0 Å². The highest BCUT2D eigenvalue weighted by atomic mass is 16.6. The number of ether oxygens (including phenoxy) is 1. The van der Waals surface area contributed by atoms with Crippen molar-refractivity contribution >= 4 is 6.09 Å². The summed E-state index contributed by atoms with van der Waals surface area (Å²) >= 11 is 0. The molecule has 0 aliphatic carbocycles. The van der Waals surface area contributed by atoms with Gasteiger partial charge in [-0.05, 0) is 19.4 Å². The summed E-state index contributed by atoms with van der Waals surface area (Å²) in [5.41, 5.74) is 0. The molecule has 74 valence electrons. The molecule has 4 nitrogen and oxygen atoms in total. The first-order valence-electron chi connectivity index (χ1n) is 5.01. The minimum atomic E-state index is -0.124. The number of carbonyl (C=O) groups is 1. The summed E-state index contributed by atoms with van der Waals surface area (Å²) in [6.45, 7) is 4.73. The van der Waals surface area contributed by atoms with Crippen molar-refractivity contribution in [2.75, 3.05) is 19.6 Å². The molecule has 2 heterocycles. The zero-order chi connectivity index (χ0) is 9.26. The molecule has 2 unspecified atom stereocenters. The standard InChI is InChI=1S/C9H16N2O2/c1-2-5-11-7-3-4-10-6-8(7)13-9(11)12/h7-8,10H,2-6H2,1H3. The van der Waals surface area contributed by atoms with Gasteiger partial charge in [-0.15, -0.1) is 0 Å². The van der Waals surface area contributed by atoms with Gasteiger partial charge in [0.25, 0.3) is 0 Å². The quantitative estimate of drug-likeness (QED) is 0.682. The number of nitrogens with one attached hydrogen (secondary N) is 1. The summed E-state index contributed by atoms with van der Waals surface area (Å²) in [5.74, 6) is 0. The van der Waals surface area contributed by atoms with Crippen LogP contribution in [0.5, 0.6) is 0 Å². The maximum Gasteiger partial charge on any atom is 0.410 e. The number of amides is 1. The van der Waals surface area contributed by atoms with E-state index >= 15 is 0 Å². The van der Waals surface area contributed by atoms with Crippen LogP contribution in [0.4, 0.5) is 4.79 Å². The molecule has 0 aromatic rings. The Morgan fingerprint density at radius 2 is 2.54 bits per heavy atom. The molecule has 0 bridgehead atoms. The van der Waals surface area contributed by atoms with E-state index in [1.54, 1.807) is 0 Å². The van der Waals surface area contributed by atoms with Crippen LogP contribution >= 0.6 is 0 Å². The van der Waals surface area contributed by atoms with Gasteiger partial charge >= 0.3 is 6.09 Å². The summed E-state index contributed by atoms with van der Waals surface area (Å²) < 4.78 is 5.25. The summed E-state index contributed by atoms with van der Waals surface area (Å²) in [6, 6.07) is 0.327. The van der Waals surface area contributed by atoms with Gasteiger partial charge in [0.1, 0.15) is 6.10 Å². The number of rotatable bonds is 2. The van der Waals surface area contributed by atoms with Crippen molar-refractivity contribution in [1.29, 1.82) is 0 Å². The smallest absolute Gasteiger partial charge is 0.410 e. The van der Waals surface area contributed by atoms with E-state index < -0.39 is 0 Å². The maximum absolute atomic E-state index is 11.4. The van der Waals surface area contributed by atoms with Crippen LogP contribution in [0, 0.1) is 0 Å². The fourth-order valence-corrected chi connectivity index (χ4v) is 2.12. The first-order chi connectivity index (χ1) is 6.33. The molecule has 0 aromatic heterocycles. The lowest BCUT2D eigenvalue weighted by molar-refractivity contribution is 0.121. The van der Waals surface area contributed by atoms with Gasteiger partial charge in [-0.2, -0.15) is 0 Å². The van der Waals surface area contributed by atoms with Gasteiger partial charge in [-0.1, -0.05) is 6.92 Å². The Kier molecular flexibility index (Phi) is 2.40. The van der Waals surface area contributed by atoms with Gasteiger partial charge < -0.3 is 15.0 Å². The number of hydrogen-bond acceptors (Lipinski definition) is 3. The first-order valence-corrected chi connectivity index (χ1v) is 5.01. The highest BCUT2D eigenvalue weighted by Gasteiger charge is 2.42. The Morgan fingerprint density at radius 1 is 1.69 bits per heavy atom. The van der Waals surface area contributed by atoms with Crippen molar-refractivity contribution in [2.24, 2.45) is 0 Å². The Balaban J connectivity index is 2.04. The van der Waals surface area contributed by atoms with Crippen LogP contribution in [0.25, 0.3) is 0 Å². The lowest BCUT2D eigenvalue weighted by Gasteiger charge is -2.28. The fourth-order valence-electron chi connectivity index (χ4n) is 2.12. The topological polar surface area (TPSA) is 41.6 Å². The highest BCUT2D eigenvalue weighted by Crippen LogP contribution is 2.23. The van der Waals surface area contributed by atoms with Gasteiger partial charge in [-0.25, -0.2) is 4.79 Å². The number of hydrogen-bond donors (Lipinski definition) is 1. The van der Waals surface area contributed by atoms with Crippen LogP contribution in [0.15, 0.2) is 0 Å². The van der Waals surface area contributed by atoms with Crippen LogP contribution in [0.3, 0.4) is 0 Å². The maximum atomic E-state index is 11.4. The molecule has 2 atom stereocenters. The van der Waals surface area contributed by atoms with Crippen molar-refractivity contribution < 1.29 is 9.53 Å². The highest BCUT2D eigenvalue weighted by molar-refractivity contribution is 5.70. The second-order valence-corrected chi connectivity index (χ2v) is 3.68. The SMILES string of the molecule is CCCN1C(=O)OC2CNCCC21. The molecular weight excluding hydrogens is 168 g/mol. The molecule has 2 aliphatic rings. The zero-order valence-corrected chi connectivity index (χ0v) is 7.95. The molecule has 13 heavy (non-hydrogen) atoms. The fraction of sp³-hybridized carbons (Fsp3) is 0.889. The molecule has 0 spiro atoms. The predicted molar refractivity (Wildman–Crippen MR) is 48.5 cm³/mol. The van der Waals surface area contributed by atoms with Crippen LogP contribution in [-0.2, 0) is 4.74 Å². The lowest BCUT2D eigenvalue weighted by atomic mass is 10.0. The van der Waals surface area contributed by atoms with Crippen molar-refractivity contribution in [3.05, 3.63) is 0 Å². The second kappa shape index (κ2) is 3.54. The third-order valence-corrected chi connectivity index (χ3v) is 2.74. The van der Waals surface area contributed by atoms with E-state index in [0.29, 0.717) is 6.04 Å². The Labute approximate surface area is 78.2 Å². The van der Waals surface area contributed by atoms with E-state index in [2.05, 4.69) is 12.2 Å². The normalized spacial score (nSPS) is 33.0. The molecule has 0 radical (unpaired) electrons. The van der Waals surface area contributed by atoms with Gasteiger partial charge in [0.15, 0.2) is 0 Å². The number of nitrogens with zero attached hydrogens (tertiary/aromatic N) is 1. The largest absolute Gasteiger partial charge is 0.443 e. The Morgan fingerprint density at radius 3 is 3.31 bits per heavy atom. The third kappa shape index (κ3) is 1.50. The number of piperidine rings is 1. The Bertz CT molecular complexity index is 208. The number of fused-ring (bicyclic) bond motifs is 1. The van der Waals surface area contributed by atoms with Crippen molar-refractivity contribution in [1.82, 2.24) is 10.2 Å². The molecule has 4 heteroatoms. The van der Waals surface area contributed by atoms with E-state index in [1.807, 2.05) is 4.90 Å². The van der Waals surface area contributed by atoms with Crippen LogP contribution in [-0.4, -0.2) is 42.8 Å². The molecule has 0 saturated carbocycles. The second-order valence-electron chi connectivity index (χ2n) is 3.68. The Hall–Kier alpha value is -0.770. The van der Waals surface area contributed by atoms with E-state index in [-0.39, 0.29) is 12.2 Å². The molecule has 2 saturated heterocycles. The lowest BCUT2D eigenvalue weighted by Crippen LogP contribution is -2.47. The molecule has 0 aromatic carbocycles. The minimum Gasteiger partial charge on any atom is -0.443 e. The average molecular weight is 184 g/mol. The van der Waals surface area contributed by atoms with Crippen molar-refractivity contribution in [2.45, 2.75) is 31.9 Å². The van der Waals surface area contributed by atoms with Crippen LogP contribution in [0.2, 0.25) is 0 Å². The van der Waals surface area contributed by atoms with E-state index in [1.165, 1.54) is 0 Å². The molecule has 2 rings (SSSR count). The third-order valence-electron chi connectivity index (χ3n) is 2.74. The van der Waals surface area contributed by atoms with Crippen LogP contribution in [0.1, 0.15) is 19.8 Å². The van der Waals surface area contributed by atoms with Crippen molar-refractivity contribution in [3.63, 3.8) is 0 Å². The molecule has 2 fully saturated rings. The zero-order valence-electron chi connectivity index (χ0n) is 7.95. The molecule has 1 amide bonds. The summed E-state index contributed by atoms with van der Waals surface area (Å²) in [4.78, 5) is 13.3. The van der Waals surface area contributed by atoms with Crippen molar-refractivity contribution in [3.8, 4) is 0 Å². The summed E-state index contributed by atoms with van der Waals surface area (Å²) in [7, 11) is 0. The summed E-state index contributed by atoms with van der Waals surface area (Å²) in [5, 5.41) is 3.24. The van der Waals surface area contributed by atoms with Gasteiger partial charge in [0, 0.05) is 13.1 Å².